The molecule has 0 aromatic heterocycles. The number of nitrogens with one attached hydrogen (secondary N) is 1. The van der Waals surface area contributed by atoms with Gasteiger partial charge in [-0.1, -0.05) is 41.6 Å². The van der Waals surface area contributed by atoms with Gasteiger partial charge in [-0.3, -0.25) is 4.99 Å². The summed E-state index contributed by atoms with van der Waals surface area (Å²) in [7, 11) is 0. The first-order chi connectivity index (χ1) is 7.75. The van der Waals surface area contributed by atoms with Gasteiger partial charge in [0.05, 0.1) is 6.54 Å². The summed E-state index contributed by atoms with van der Waals surface area (Å²) >= 11 is 7.86. The lowest BCUT2D eigenvalue weighted by Crippen LogP contribution is -2.35. The van der Waals surface area contributed by atoms with Crippen molar-refractivity contribution >= 4 is 28.5 Å². The van der Waals surface area contributed by atoms with E-state index >= 15 is 0 Å². The van der Waals surface area contributed by atoms with Crippen molar-refractivity contribution in [2.45, 2.75) is 25.9 Å². The Labute approximate surface area is 105 Å². The third-order valence-corrected chi connectivity index (χ3v) is 3.84. The molecule has 1 aromatic rings. The van der Waals surface area contributed by atoms with Gasteiger partial charge < -0.3 is 5.32 Å². The van der Waals surface area contributed by atoms with Gasteiger partial charge in [0.1, 0.15) is 0 Å². The van der Waals surface area contributed by atoms with Gasteiger partial charge in [-0.15, -0.1) is 0 Å². The summed E-state index contributed by atoms with van der Waals surface area (Å²) in [6, 6.07) is 8.39. The second-order valence-corrected chi connectivity index (χ2v) is 5.39. The molecule has 4 heteroatoms. The topological polar surface area (TPSA) is 24.4 Å². The number of hydrogen-bond acceptors (Lipinski definition) is 2. The Balaban J connectivity index is 2.00. The highest BCUT2D eigenvalue weighted by Gasteiger charge is 2.12. The van der Waals surface area contributed by atoms with E-state index in [1.54, 1.807) is 11.8 Å². The van der Waals surface area contributed by atoms with Crippen LogP contribution in [0.15, 0.2) is 29.3 Å². The lowest BCUT2D eigenvalue weighted by atomic mass is 10.2. The molecule has 0 amide bonds. The fourth-order valence-electron chi connectivity index (χ4n) is 1.53. The van der Waals surface area contributed by atoms with Gasteiger partial charge in [-0.2, -0.15) is 0 Å². The van der Waals surface area contributed by atoms with E-state index in [1.807, 2.05) is 24.3 Å². The molecule has 1 unspecified atom stereocenters. The normalized spacial score (nSPS) is 23.1. The van der Waals surface area contributed by atoms with Crippen molar-refractivity contribution in [2.24, 2.45) is 4.99 Å². The summed E-state index contributed by atoms with van der Waals surface area (Å²) < 4.78 is 0. The first-order valence-corrected chi connectivity index (χ1v) is 6.79. The molecule has 0 spiro atoms. The van der Waals surface area contributed by atoms with Crippen LogP contribution in [0.3, 0.4) is 0 Å². The Morgan fingerprint density at radius 1 is 1.50 bits per heavy atom. The molecule has 2 nitrogen and oxygen atoms in total. The number of benzene rings is 1. The van der Waals surface area contributed by atoms with Crippen LogP contribution in [-0.2, 0) is 6.54 Å². The molecular weight excluding hydrogens is 240 g/mol. The molecule has 1 aliphatic rings. The smallest absolute Gasteiger partial charge is 0.157 e. The number of thioether (sulfide) groups is 1. The van der Waals surface area contributed by atoms with Crippen LogP contribution in [-0.4, -0.2) is 17.0 Å². The fourth-order valence-corrected chi connectivity index (χ4v) is 2.83. The Morgan fingerprint density at radius 2 is 2.31 bits per heavy atom. The van der Waals surface area contributed by atoms with Crippen LogP contribution in [0.25, 0.3) is 0 Å². The van der Waals surface area contributed by atoms with E-state index in [-0.39, 0.29) is 0 Å². The molecule has 1 heterocycles. The van der Waals surface area contributed by atoms with Crippen molar-refractivity contribution in [2.75, 3.05) is 5.75 Å². The molecular formula is C12H15ClN2S. The van der Waals surface area contributed by atoms with Gasteiger partial charge in [-0.05, 0) is 25.0 Å². The Kier molecular flexibility index (Phi) is 4.13. The van der Waals surface area contributed by atoms with E-state index in [9.17, 15) is 0 Å². The zero-order chi connectivity index (χ0) is 11.4. The monoisotopic (exact) mass is 254 g/mol. The van der Waals surface area contributed by atoms with Gasteiger partial charge >= 0.3 is 0 Å². The summed E-state index contributed by atoms with van der Waals surface area (Å²) in [5.41, 5.74) is 1.08. The number of hydrogen-bond donors (Lipinski definition) is 1. The van der Waals surface area contributed by atoms with Crippen LogP contribution in [0, 0.1) is 0 Å². The molecule has 0 saturated carbocycles. The molecule has 1 N–H and O–H groups in total. The average molecular weight is 255 g/mol. The zero-order valence-corrected chi connectivity index (χ0v) is 10.8. The minimum Gasteiger partial charge on any atom is -0.362 e. The van der Waals surface area contributed by atoms with Crippen molar-refractivity contribution in [3.8, 4) is 0 Å². The highest BCUT2D eigenvalue weighted by atomic mass is 35.5. The average Bonchev–Trinajstić information content (AvgIpc) is 2.28. The lowest BCUT2D eigenvalue weighted by Gasteiger charge is -2.21. The van der Waals surface area contributed by atoms with Gasteiger partial charge in [-0.25, -0.2) is 0 Å². The molecule has 0 aliphatic carbocycles. The van der Waals surface area contributed by atoms with E-state index in [1.165, 1.54) is 6.42 Å². The van der Waals surface area contributed by atoms with E-state index in [0.717, 1.165) is 21.5 Å². The van der Waals surface area contributed by atoms with Crippen LogP contribution in [0.5, 0.6) is 0 Å². The predicted octanol–water partition coefficient (Wildman–Crippen LogP) is 3.31. The van der Waals surface area contributed by atoms with E-state index in [0.29, 0.717) is 12.6 Å². The first kappa shape index (κ1) is 11.8. The second-order valence-electron chi connectivity index (χ2n) is 3.90. The molecule has 2 rings (SSSR count). The second kappa shape index (κ2) is 5.60. The van der Waals surface area contributed by atoms with Gasteiger partial charge in [0.15, 0.2) is 5.17 Å². The maximum atomic E-state index is 6.07. The summed E-state index contributed by atoms with van der Waals surface area (Å²) in [6.07, 6.45) is 1.20. The van der Waals surface area contributed by atoms with Crippen LogP contribution in [0.2, 0.25) is 5.02 Å². The number of nitrogens with zero attached hydrogens (tertiary/aromatic N) is 1. The first-order valence-electron chi connectivity index (χ1n) is 5.43. The van der Waals surface area contributed by atoms with Crippen molar-refractivity contribution in [3.63, 3.8) is 0 Å². The van der Waals surface area contributed by atoms with Gasteiger partial charge in [0.2, 0.25) is 0 Å². The highest BCUT2D eigenvalue weighted by Crippen LogP contribution is 2.18. The van der Waals surface area contributed by atoms with Crippen molar-refractivity contribution in [1.29, 1.82) is 0 Å². The Hall–Kier alpha value is -0.670. The molecule has 0 bridgehead atoms. The zero-order valence-electron chi connectivity index (χ0n) is 9.24. The summed E-state index contributed by atoms with van der Waals surface area (Å²) in [5, 5.41) is 5.21. The van der Waals surface area contributed by atoms with Crippen LogP contribution in [0.1, 0.15) is 18.9 Å². The molecule has 1 fully saturated rings. The van der Waals surface area contributed by atoms with E-state index in [4.69, 9.17) is 11.6 Å². The standard InChI is InChI=1S/C12H15ClN2S/c1-9-6-7-16-12(15-9)14-8-10-4-2-3-5-11(10)13/h2-5,9H,6-8H2,1H3,(H,14,15). The van der Waals surface area contributed by atoms with Crippen molar-refractivity contribution in [1.82, 2.24) is 5.32 Å². The van der Waals surface area contributed by atoms with Crippen molar-refractivity contribution in [3.05, 3.63) is 34.9 Å². The number of rotatable bonds is 2. The number of halogens is 1. The maximum absolute atomic E-state index is 6.07. The molecule has 1 atom stereocenters. The van der Waals surface area contributed by atoms with Crippen LogP contribution >= 0.6 is 23.4 Å². The Morgan fingerprint density at radius 3 is 3.06 bits per heavy atom. The molecule has 1 aliphatic heterocycles. The minimum absolute atomic E-state index is 0.534. The predicted molar refractivity (Wildman–Crippen MR) is 72.3 cm³/mol. The quantitative estimate of drug-likeness (QED) is 0.876. The number of amidine groups is 1. The molecule has 1 aromatic carbocycles. The maximum Gasteiger partial charge on any atom is 0.157 e. The summed E-state index contributed by atoms with van der Waals surface area (Å²) in [5.74, 6) is 1.15. The Bertz CT molecular complexity index is 392. The summed E-state index contributed by atoms with van der Waals surface area (Å²) in [4.78, 5) is 4.55. The van der Waals surface area contributed by atoms with E-state index < -0.39 is 0 Å². The third-order valence-electron chi connectivity index (χ3n) is 2.51. The summed E-state index contributed by atoms with van der Waals surface area (Å²) in [6.45, 7) is 2.84. The molecule has 1 saturated heterocycles. The molecule has 16 heavy (non-hydrogen) atoms. The third kappa shape index (κ3) is 3.16. The largest absolute Gasteiger partial charge is 0.362 e. The van der Waals surface area contributed by atoms with Gasteiger partial charge in [0, 0.05) is 16.8 Å². The van der Waals surface area contributed by atoms with Crippen LogP contribution in [0.4, 0.5) is 0 Å². The van der Waals surface area contributed by atoms with Crippen LogP contribution < -0.4 is 5.32 Å². The van der Waals surface area contributed by atoms with Gasteiger partial charge in [0.25, 0.3) is 0 Å². The molecule has 0 radical (unpaired) electrons. The minimum atomic E-state index is 0.534. The number of aliphatic imine (C=N–C) groups is 1. The fraction of sp³-hybridized carbons (Fsp3) is 0.417. The van der Waals surface area contributed by atoms with Crippen molar-refractivity contribution < 1.29 is 0 Å². The highest BCUT2D eigenvalue weighted by molar-refractivity contribution is 8.13. The SMILES string of the molecule is CC1CCSC(=NCc2ccccc2Cl)N1. The lowest BCUT2D eigenvalue weighted by molar-refractivity contribution is 0.642. The molecule has 86 valence electrons. The van der Waals surface area contributed by atoms with E-state index in [2.05, 4.69) is 17.2 Å².